The van der Waals surface area contributed by atoms with E-state index in [2.05, 4.69) is 4.74 Å². The highest BCUT2D eigenvalue weighted by atomic mass is 32.2. The van der Waals surface area contributed by atoms with E-state index in [9.17, 15) is 9.59 Å². The van der Waals surface area contributed by atoms with Gasteiger partial charge in [0.15, 0.2) is 0 Å². The Hall–Kier alpha value is -1.49. The first kappa shape index (κ1) is 16.6. The normalized spacial score (nSPS) is 10.1. The third-order valence-electron chi connectivity index (χ3n) is 2.80. The molecule has 4 nitrogen and oxygen atoms in total. The molecule has 0 saturated heterocycles. The van der Waals surface area contributed by atoms with Crippen LogP contribution in [0.4, 0.5) is 0 Å². The number of ether oxygens (including phenoxy) is 2. The Morgan fingerprint density at radius 3 is 2.50 bits per heavy atom. The fourth-order valence-electron chi connectivity index (χ4n) is 1.70. The maximum absolute atomic E-state index is 11.6. The van der Waals surface area contributed by atoms with Gasteiger partial charge in [-0.1, -0.05) is 18.6 Å². The zero-order valence-corrected chi connectivity index (χ0v) is 12.7. The molecule has 110 valence electrons. The fourth-order valence-corrected chi connectivity index (χ4v) is 2.75. The monoisotopic (exact) mass is 296 g/mol. The molecule has 0 bridgehead atoms. The Morgan fingerprint density at radius 2 is 1.80 bits per heavy atom. The van der Waals surface area contributed by atoms with E-state index in [1.54, 1.807) is 17.8 Å². The summed E-state index contributed by atoms with van der Waals surface area (Å²) in [5.41, 5.74) is 0.606. The quantitative estimate of drug-likeness (QED) is 0.418. The molecule has 0 saturated carbocycles. The van der Waals surface area contributed by atoms with Crippen molar-refractivity contribution in [3.63, 3.8) is 0 Å². The Morgan fingerprint density at radius 1 is 1.05 bits per heavy atom. The predicted octanol–water partition coefficient (Wildman–Crippen LogP) is 3.30. The number of carbonyl (C=O) groups excluding carboxylic acids is 2. The van der Waals surface area contributed by atoms with Crippen LogP contribution in [0.25, 0.3) is 0 Å². The van der Waals surface area contributed by atoms with Gasteiger partial charge in [-0.25, -0.2) is 4.79 Å². The summed E-state index contributed by atoms with van der Waals surface area (Å²) in [6.07, 6.45) is 3.28. The molecule has 1 aromatic carbocycles. The van der Waals surface area contributed by atoms with Gasteiger partial charge in [0.05, 0.1) is 19.8 Å². The maximum atomic E-state index is 11.6. The molecule has 0 aliphatic carbocycles. The van der Waals surface area contributed by atoms with Crippen LogP contribution < -0.4 is 0 Å². The van der Waals surface area contributed by atoms with Gasteiger partial charge in [-0.15, -0.1) is 11.8 Å². The van der Waals surface area contributed by atoms with Crippen molar-refractivity contribution in [1.82, 2.24) is 0 Å². The van der Waals surface area contributed by atoms with E-state index >= 15 is 0 Å². The number of thioether (sulfide) groups is 1. The van der Waals surface area contributed by atoms with Gasteiger partial charge in [0, 0.05) is 11.3 Å². The summed E-state index contributed by atoms with van der Waals surface area (Å²) < 4.78 is 9.34. The molecule has 0 unspecified atom stereocenters. The SMILES string of the molecule is COC(=O)CCCCCSc1ccccc1C(=O)OC. The highest BCUT2D eigenvalue weighted by Crippen LogP contribution is 2.24. The molecule has 1 rings (SSSR count). The molecular formula is C15H20O4S. The van der Waals surface area contributed by atoms with Gasteiger partial charge in [-0.05, 0) is 30.7 Å². The maximum Gasteiger partial charge on any atom is 0.338 e. The zero-order chi connectivity index (χ0) is 14.8. The molecule has 0 fully saturated rings. The molecule has 20 heavy (non-hydrogen) atoms. The van der Waals surface area contributed by atoms with Crippen LogP contribution in [0.15, 0.2) is 29.2 Å². The van der Waals surface area contributed by atoms with Crippen LogP contribution in [0, 0.1) is 0 Å². The van der Waals surface area contributed by atoms with Crippen LogP contribution in [0.2, 0.25) is 0 Å². The smallest absolute Gasteiger partial charge is 0.338 e. The number of rotatable bonds is 8. The van der Waals surface area contributed by atoms with Crippen LogP contribution in [0.3, 0.4) is 0 Å². The van der Waals surface area contributed by atoms with Gasteiger partial charge >= 0.3 is 11.9 Å². The summed E-state index contributed by atoms with van der Waals surface area (Å²) in [5, 5.41) is 0. The van der Waals surface area contributed by atoms with Crippen molar-refractivity contribution in [1.29, 1.82) is 0 Å². The Balaban J connectivity index is 2.32. The first-order valence-corrected chi connectivity index (χ1v) is 7.54. The van der Waals surface area contributed by atoms with Crippen LogP contribution in [0.1, 0.15) is 36.0 Å². The number of benzene rings is 1. The summed E-state index contributed by atoms with van der Waals surface area (Å²) >= 11 is 1.64. The van der Waals surface area contributed by atoms with Crippen molar-refractivity contribution < 1.29 is 19.1 Å². The topological polar surface area (TPSA) is 52.6 Å². The van der Waals surface area contributed by atoms with E-state index in [0.717, 1.165) is 29.9 Å². The van der Waals surface area contributed by atoms with E-state index in [4.69, 9.17) is 4.74 Å². The number of esters is 2. The second-order valence-electron chi connectivity index (χ2n) is 4.22. The van der Waals surface area contributed by atoms with Crippen molar-refractivity contribution in [2.45, 2.75) is 30.6 Å². The molecule has 0 amide bonds. The lowest BCUT2D eigenvalue weighted by atomic mass is 10.2. The second-order valence-corrected chi connectivity index (χ2v) is 5.36. The van der Waals surface area contributed by atoms with Crippen LogP contribution >= 0.6 is 11.8 Å². The number of hydrogen-bond acceptors (Lipinski definition) is 5. The minimum Gasteiger partial charge on any atom is -0.469 e. The molecule has 1 aromatic rings. The van der Waals surface area contributed by atoms with E-state index in [1.807, 2.05) is 18.2 Å². The van der Waals surface area contributed by atoms with Crippen LogP contribution in [-0.4, -0.2) is 31.9 Å². The Bertz CT molecular complexity index is 445. The molecule has 0 heterocycles. The molecule has 0 spiro atoms. The molecule has 0 N–H and O–H groups in total. The predicted molar refractivity (Wildman–Crippen MR) is 79.0 cm³/mol. The number of hydrogen-bond donors (Lipinski definition) is 0. The molecule has 0 aliphatic rings. The van der Waals surface area contributed by atoms with Gasteiger partial charge in [-0.3, -0.25) is 4.79 Å². The average molecular weight is 296 g/mol. The number of unbranched alkanes of at least 4 members (excludes halogenated alkanes) is 2. The highest BCUT2D eigenvalue weighted by Gasteiger charge is 2.10. The Kier molecular flexibility index (Phi) is 7.80. The molecule has 0 aromatic heterocycles. The lowest BCUT2D eigenvalue weighted by Gasteiger charge is -2.07. The van der Waals surface area contributed by atoms with Crippen molar-refractivity contribution in [3.05, 3.63) is 29.8 Å². The van der Waals surface area contributed by atoms with Crippen molar-refractivity contribution in [3.8, 4) is 0 Å². The van der Waals surface area contributed by atoms with E-state index < -0.39 is 0 Å². The van der Waals surface area contributed by atoms with E-state index in [0.29, 0.717) is 12.0 Å². The molecule has 0 atom stereocenters. The summed E-state index contributed by atoms with van der Waals surface area (Å²) in [7, 11) is 2.79. The standard InChI is InChI=1S/C15H20O4S/c1-18-14(16)10-4-3-7-11-20-13-9-6-5-8-12(13)15(17)19-2/h5-6,8-9H,3-4,7,10-11H2,1-2H3. The third-order valence-corrected chi connectivity index (χ3v) is 3.96. The third kappa shape index (κ3) is 5.65. The van der Waals surface area contributed by atoms with E-state index in [-0.39, 0.29) is 11.9 Å². The summed E-state index contributed by atoms with van der Waals surface area (Å²) in [5.74, 6) is 0.447. The zero-order valence-electron chi connectivity index (χ0n) is 11.9. The minimum atomic E-state index is -0.307. The first-order valence-electron chi connectivity index (χ1n) is 6.56. The summed E-state index contributed by atoms with van der Waals surface area (Å²) in [6.45, 7) is 0. The second kappa shape index (κ2) is 9.42. The van der Waals surface area contributed by atoms with Gasteiger partial charge < -0.3 is 9.47 Å². The average Bonchev–Trinajstić information content (AvgIpc) is 2.50. The lowest BCUT2D eigenvalue weighted by molar-refractivity contribution is -0.140. The summed E-state index contributed by atoms with van der Waals surface area (Å²) in [6, 6.07) is 7.43. The van der Waals surface area contributed by atoms with Gasteiger partial charge in [-0.2, -0.15) is 0 Å². The van der Waals surface area contributed by atoms with Crippen molar-refractivity contribution in [2.75, 3.05) is 20.0 Å². The van der Waals surface area contributed by atoms with Crippen LogP contribution in [-0.2, 0) is 14.3 Å². The first-order chi connectivity index (χ1) is 9.69. The van der Waals surface area contributed by atoms with Gasteiger partial charge in [0.25, 0.3) is 0 Å². The van der Waals surface area contributed by atoms with Crippen molar-refractivity contribution >= 4 is 23.7 Å². The fraction of sp³-hybridized carbons (Fsp3) is 0.467. The van der Waals surface area contributed by atoms with E-state index in [1.165, 1.54) is 14.2 Å². The van der Waals surface area contributed by atoms with Gasteiger partial charge in [0.2, 0.25) is 0 Å². The number of methoxy groups -OCH3 is 2. The Labute approximate surface area is 123 Å². The molecule has 5 heteroatoms. The van der Waals surface area contributed by atoms with Gasteiger partial charge in [0.1, 0.15) is 0 Å². The highest BCUT2D eigenvalue weighted by molar-refractivity contribution is 7.99. The largest absolute Gasteiger partial charge is 0.469 e. The molecular weight excluding hydrogens is 276 g/mol. The number of carbonyl (C=O) groups is 2. The molecule has 0 radical (unpaired) electrons. The van der Waals surface area contributed by atoms with Crippen molar-refractivity contribution in [2.24, 2.45) is 0 Å². The molecule has 0 aliphatic heterocycles. The van der Waals surface area contributed by atoms with Crippen LogP contribution in [0.5, 0.6) is 0 Å². The minimum absolute atomic E-state index is 0.159. The lowest BCUT2D eigenvalue weighted by Crippen LogP contribution is -2.03. The summed E-state index contributed by atoms with van der Waals surface area (Å²) in [4.78, 5) is 23.5.